The second-order valence-corrected chi connectivity index (χ2v) is 5.87. The topological polar surface area (TPSA) is 53.1 Å². The van der Waals surface area contributed by atoms with E-state index in [1.54, 1.807) is 36.6 Å². The number of para-hydroxylation sites is 1. The highest BCUT2D eigenvalue weighted by molar-refractivity contribution is 7.99. The number of allylic oxidation sites excluding steroid dienone is 1. The van der Waals surface area contributed by atoms with Crippen molar-refractivity contribution in [3.05, 3.63) is 61.1 Å². The van der Waals surface area contributed by atoms with Crippen LogP contribution in [0.5, 0.6) is 5.75 Å². The molecule has 3 rings (SSSR count). The Hall–Kier alpha value is -2.54. The second kappa shape index (κ2) is 7.83. The van der Waals surface area contributed by atoms with Gasteiger partial charge in [-0.05, 0) is 24.3 Å². The number of furan rings is 1. The number of thioether (sulfide) groups is 1. The van der Waals surface area contributed by atoms with Crippen LogP contribution in [0.15, 0.2) is 64.9 Å². The van der Waals surface area contributed by atoms with Crippen LogP contribution in [-0.4, -0.2) is 27.1 Å². The average Bonchev–Trinajstić information content (AvgIpc) is 3.23. The Kier molecular flexibility index (Phi) is 5.32. The Morgan fingerprint density at radius 2 is 2.12 bits per heavy atom. The normalized spacial score (nSPS) is 10.7. The van der Waals surface area contributed by atoms with Crippen molar-refractivity contribution >= 4 is 11.8 Å². The lowest BCUT2D eigenvalue weighted by molar-refractivity contribution is 0.325. The Bertz CT molecular complexity index is 802. The molecule has 24 heavy (non-hydrogen) atoms. The second-order valence-electron chi connectivity index (χ2n) is 4.81. The van der Waals surface area contributed by atoms with Crippen LogP contribution in [0, 0.1) is 5.82 Å². The van der Waals surface area contributed by atoms with E-state index in [0.717, 1.165) is 5.16 Å². The van der Waals surface area contributed by atoms with Crippen molar-refractivity contribution in [1.82, 2.24) is 14.8 Å². The van der Waals surface area contributed by atoms with E-state index < -0.39 is 0 Å². The molecule has 0 saturated heterocycles. The van der Waals surface area contributed by atoms with Gasteiger partial charge in [-0.15, -0.1) is 16.8 Å². The number of halogens is 1. The van der Waals surface area contributed by atoms with E-state index in [1.165, 1.54) is 17.8 Å². The molecule has 0 atom stereocenters. The number of ether oxygens (including phenoxy) is 1. The van der Waals surface area contributed by atoms with E-state index in [1.807, 2.05) is 10.6 Å². The van der Waals surface area contributed by atoms with E-state index in [0.29, 0.717) is 30.5 Å². The molecule has 124 valence electrons. The first-order chi connectivity index (χ1) is 11.8. The summed E-state index contributed by atoms with van der Waals surface area (Å²) in [5.74, 6) is 1.80. The van der Waals surface area contributed by atoms with Crippen LogP contribution >= 0.6 is 11.8 Å². The van der Waals surface area contributed by atoms with Crippen LogP contribution in [0.3, 0.4) is 0 Å². The van der Waals surface area contributed by atoms with E-state index in [-0.39, 0.29) is 11.6 Å². The molecule has 0 aliphatic heterocycles. The minimum atomic E-state index is -0.363. The summed E-state index contributed by atoms with van der Waals surface area (Å²) in [7, 11) is 0. The van der Waals surface area contributed by atoms with Crippen molar-refractivity contribution in [1.29, 1.82) is 0 Å². The molecule has 3 aromatic rings. The van der Waals surface area contributed by atoms with Gasteiger partial charge in [-0.3, -0.25) is 4.57 Å². The van der Waals surface area contributed by atoms with Crippen molar-refractivity contribution < 1.29 is 13.5 Å². The van der Waals surface area contributed by atoms with Crippen molar-refractivity contribution in [3.8, 4) is 17.3 Å². The van der Waals surface area contributed by atoms with Gasteiger partial charge < -0.3 is 9.15 Å². The van der Waals surface area contributed by atoms with Crippen LogP contribution < -0.4 is 4.74 Å². The van der Waals surface area contributed by atoms with Crippen molar-refractivity contribution in [3.63, 3.8) is 0 Å². The fraction of sp³-hybridized carbons (Fsp3) is 0.176. The summed E-state index contributed by atoms with van der Waals surface area (Å²) in [6.07, 6.45) is 3.37. The molecule has 0 saturated carbocycles. The quantitative estimate of drug-likeness (QED) is 0.350. The average molecular weight is 345 g/mol. The molecule has 0 N–H and O–H groups in total. The zero-order valence-electron chi connectivity index (χ0n) is 12.9. The third kappa shape index (κ3) is 3.68. The smallest absolute Gasteiger partial charge is 0.200 e. The predicted molar refractivity (Wildman–Crippen MR) is 90.5 cm³/mol. The minimum absolute atomic E-state index is 0.252. The Labute approximate surface area is 143 Å². The molecule has 7 heteroatoms. The lowest BCUT2D eigenvalue weighted by Gasteiger charge is -2.08. The molecule has 0 radical (unpaired) electrons. The molecular formula is C17H16FN3O2S. The van der Waals surface area contributed by atoms with Gasteiger partial charge in [0.2, 0.25) is 5.82 Å². The summed E-state index contributed by atoms with van der Waals surface area (Å²) in [6.45, 7) is 4.70. The third-order valence-electron chi connectivity index (χ3n) is 3.18. The maximum absolute atomic E-state index is 13.5. The van der Waals surface area contributed by atoms with Gasteiger partial charge in [0.1, 0.15) is 0 Å². The number of nitrogens with zero attached hydrogens (tertiary/aromatic N) is 3. The van der Waals surface area contributed by atoms with E-state index in [9.17, 15) is 4.39 Å². The van der Waals surface area contributed by atoms with Crippen molar-refractivity contribution in [2.75, 3.05) is 12.4 Å². The first-order valence-electron chi connectivity index (χ1n) is 7.37. The highest BCUT2D eigenvalue weighted by atomic mass is 32.2. The monoisotopic (exact) mass is 345 g/mol. The zero-order valence-corrected chi connectivity index (χ0v) is 13.7. The molecule has 2 heterocycles. The number of hydrogen-bond acceptors (Lipinski definition) is 5. The van der Waals surface area contributed by atoms with Crippen molar-refractivity contribution in [2.24, 2.45) is 0 Å². The lowest BCUT2D eigenvalue weighted by atomic mass is 10.3. The molecular weight excluding hydrogens is 329 g/mol. The van der Waals surface area contributed by atoms with Crippen LogP contribution in [0.4, 0.5) is 4.39 Å². The van der Waals surface area contributed by atoms with Gasteiger partial charge in [-0.2, -0.15) is 0 Å². The molecule has 1 aromatic carbocycles. The summed E-state index contributed by atoms with van der Waals surface area (Å²) in [5.41, 5.74) is 0. The summed E-state index contributed by atoms with van der Waals surface area (Å²) in [6, 6.07) is 9.98. The largest absolute Gasteiger partial charge is 0.490 e. The molecule has 0 unspecified atom stereocenters. The molecule has 5 nitrogen and oxygen atoms in total. The SMILES string of the molecule is C=CCn1c(SCCOc2ccccc2F)nnc1-c1ccco1. The van der Waals surface area contributed by atoms with E-state index in [2.05, 4.69) is 16.8 Å². The van der Waals surface area contributed by atoms with E-state index >= 15 is 0 Å². The molecule has 0 spiro atoms. The number of hydrogen-bond donors (Lipinski definition) is 0. The van der Waals surface area contributed by atoms with Gasteiger partial charge in [-0.25, -0.2) is 4.39 Å². The summed E-state index contributed by atoms with van der Waals surface area (Å²) < 4.78 is 26.2. The van der Waals surface area contributed by atoms with Crippen LogP contribution in [0.25, 0.3) is 11.6 Å². The van der Waals surface area contributed by atoms with Gasteiger partial charge in [-0.1, -0.05) is 30.0 Å². The number of rotatable bonds is 8. The van der Waals surface area contributed by atoms with Gasteiger partial charge >= 0.3 is 0 Å². The molecule has 2 aromatic heterocycles. The summed E-state index contributed by atoms with van der Waals surface area (Å²) >= 11 is 1.48. The van der Waals surface area contributed by atoms with Crippen molar-refractivity contribution in [2.45, 2.75) is 11.7 Å². The molecule has 0 bridgehead atoms. The summed E-state index contributed by atoms with van der Waals surface area (Å²) in [4.78, 5) is 0. The van der Waals surface area contributed by atoms with Crippen LogP contribution in [-0.2, 0) is 6.54 Å². The first-order valence-corrected chi connectivity index (χ1v) is 8.36. The first kappa shape index (κ1) is 16.3. The fourth-order valence-electron chi connectivity index (χ4n) is 2.12. The zero-order chi connectivity index (χ0) is 16.8. The van der Waals surface area contributed by atoms with Gasteiger partial charge in [0, 0.05) is 12.3 Å². The number of benzene rings is 1. The maximum Gasteiger partial charge on any atom is 0.200 e. The molecule has 0 aliphatic carbocycles. The minimum Gasteiger partial charge on any atom is -0.490 e. The Balaban J connectivity index is 1.63. The molecule has 0 aliphatic rings. The molecule has 0 fully saturated rings. The van der Waals surface area contributed by atoms with E-state index in [4.69, 9.17) is 9.15 Å². The summed E-state index contributed by atoms with van der Waals surface area (Å²) in [5, 5.41) is 9.10. The van der Waals surface area contributed by atoms with Crippen LogP contribution in [0.2, 0.25) is 0 Å². The Morgan fingerprint density at radius 1 is 1.25 bits per heavy atom. The molecule has 0 amide bonds. The maximum atomic E-state index is 13.5. The number of aromatic nitrogens is 3. The Morgan fingerprint density at radius 3 is 2.88 bits per heavy atom. The third-order valence-corrected chi connectivity index (χ3v) is 4.11. The predicted octanol–water partition coefficient (Wildman–Crippen LogP) is 4.03. The van der Waals surface area contributed by atoms with Crippen LogP contribution in [0.1, 0.15) is 0 Å². The highest BCUT2D eigenvalue weighted by Gasteiger charge is 2.15. The standard InChI is InChI=1S/C17H16FN3O2S/c1-2-9-21-16(15-8-5-10-22-15)19-20-17(21)24-12-11-23-14-7-4-3-6-13(14)18/h2-8,10H,1,9,11-12H2. The van der Waals surface area contributed by atoms with Gasteiger partial charge in [0.25, 0.3) is 0 Å². The van der Waals surface area contributed by atoms with Gasteiger partial charge in [0.15, 0.2) is 22.5 Å². The van der Waals surface area contributed by atoms with Gasteiger partial charge in [0.05, 0.1) is 12.9 Å². The fourth-order valence-corrected chi connectivity index (χ4v) is 2.89. The highest BCUT2D eigenvalue weighted by Crippen LogP contribution is 2.24. The lowest BCUT2D eigenvalue weighted by Crippen LogP contribution is -2.04.